The summed E-state index contributed by atoms with van der Waals surface area (Å²) in [6.45, 7) is 0. The number of amides is 1. The smallest absolute Gasteiger partial charge is 0.380 e. The summed E-state index contributed by atoms with van der Waals surface area (Å²) in [7, 11) is 1.32. The first-order valence-electron chi connectivity index (χ1n) is 6.54. The number of aromatic nitrogens is 2. The van der Waals surface area contributed by atoms with Gasteiger partial charge in [0, 0.05) is 6.07 Å². The van der Waals surface area contributed by atoms with E-state index in [9.17, 15) is 9.59 Å². The zero-order valence-corrected chi connectivity index (χ0v) is 15.6. The maximum Gasteiger partial charge on any atom is 0.380 e. The van der Waals surface area contributed by atoms with Gasteiger partial charge in [-0.25, -0.2) is 4.79 Å². The molecule has 3 aromatic heterocycles. The van der Waals surface area contributed by atoms with Crippen molar-refractivity contribution in [1.29, 1.82) is 5.26 Å². The van der Waals surface area contributed by atoms with Crippen LogP contribution in [0.25, 0.3) is 9.88 Å². The summed E-state index contributed by atoms with van der Waals surface area (Å²) in [6.07, 6.45) is 0. The van der Waals surface area contributed by atoms with E-state index in [0.29, 0.717) is 19.9 Å². The van der Waals surface area contributed by atoms with E-state index in [2.05, 4.69) is 37.5 Å². The largest absolute Gasteiger partial charge is 0.489 e. The minimum Gasteiger partial charge on any atom is -0.489 e. The van der Waals surface area contributed by atoms with Crippen molar-refractivity contribution in [1.82, 2.24) is 10.2 Å². The van der Waals surface area contributed by atoms with E-state index in [1.54, 1.807) is 11.4 Å². The molecule has 11 heteroatoms. The van der Waals surface area contributed by atoms with Gasteiger partial charge in [-0.15, -0.1) is 21.5 Å². The lowest BCUT2D eigenvalue weighted by Gasteiger charge is -2.03. The van der Waals surface area contributed by atoms with Crippen LogP contribution in [0, 0.1) is 11.3 Å². The van der Waals surface area contributed by atoms with Gasteiger partial charge in [0.25, 0.3) is 5.91 Å². The van der Waals surface area contributed by atoms with Crippen molar-refractivity contribution >= 4 is 49.6 Å². The van der Waals surface area contributed by atoms with Crippen LogP contribution in [0.1, 0.15) is 16.1 Å². The summed E-state index contributed by atoms with van der Waals surface area (Å²) in [5, 5.41) is 21.9. The third kappa shape index (κ3) is 3.46. The van der Waals surface area contributed by atoms with Crippen LogP contribution in [0.3, 0.4) is 0 Å². The van der Waals surface area contributed by atoms with Gasteiger partial charge in [-0.05, 0) is 27.4 Å². The number of carbonyl (C=O) groups is 1. The first kappa shape index (κ1) is 17.3. The second kappa shape index (κ2) is 7.14. The number of nitriles is 1. The van der Waals surface area contributed by atoms with E-state index in [4.69, 9.17) is 14.4 Å². The molecule has 1 amide bonds. The Bertz CT molecular complexity index is 1050. The molecule has 0 aromatic carbocycles. The van der Waals surface area contributed by atoms with Gasteiger partial charge < -0.3 is 9.15 Å². The van der Waals surface area contributed by atoms with E-state index < -0.39 is 11.5 Å². The number of nitrogens with zero attached hydrogens (tertiary/aromatic N) is 3. The first-order chi connectivity index (χ1) is 12.0. The predicted molar refractivity (Wildman–Crippen MR) is 95.1 cm³/mol. The van der Waals surface area contributed by atoms with E-state index in [1.165, 1.54) is 24.5 Å². The Balaban J connectivity index is 1.83. The second-order valence-electron chi connectivity index (χ2n) is 4.42. The molecule has 1 N–H and O–H groups in total. The van der Waals surface area contributed by atoms with Crippen LogP contribution in [0.5, 0.6) is 5.75 Å². The minimum atomic E-state index is -0.780. The normalized spacial score (nSPS) is 10.3. The monoisotopic (exact) mass is 438 g/mol. The maximum atomic E-state index is 12.2. The van der Waals surface area contributed by atoms with Crippen LogP contribution < -0.4 is 15.7 Å². The molecule has 0 fully saturated rings. The average Bonchev–Trinajstić information content (AvgIpc) is 3.22. The van der Waals surface area contributed by atoms with Gasteiger partial charge in [0.15, 0.2) is 10.8 Å². The van der Waals surface area contributed by atoms with E-state index in [-0.39, 0.29) is 16.6 Å². The number of ether oxygens (including phenoxy) is 1. The highest BCUT2D eigenvalue weighted by Gasteiger charge is 2.18. The molecule has 0 unspecified atom stereocenters. The third-order valence-electron chi connectivity index (χ3n) is 2.92. The number of hydrogen-bond acceptors (Lipinski definition) is 9. The van der Waals surface area contributed by atoms with Crippen molar-refractivity contribution in [3.8, 4) is 21.7 Å². The van der Waals surface area contributed by atoms with Gasteiger partial charge in [-0.3, -0.25) is 10.1 Å². The molecule has 0 saturated heterocycles. The highest BCUT2D eigenvalue weighted by molar-refractivity contribution is 9.10. The maximum absolute atomic E-state index is 12.2. The molecule has 3 rings (SSSR count). The van der Waals surface area contributed by atoms with Gasteiger partial charge in [-0.1, -0.05) is 11.3 Å². The number of halogens is 1. The highest BCUT2D eigenvalue weighted by atomic mass is 79.9. The highest BCUT2D eigenvalue weighted by Crippen LogP contribution is 2.33. The standard InChI is InChI=1S/C14H7BrN4O4S2/c1-22-9-7(15)4-8(23-13(9)21)11(20)17-14-19-18-12(25-14)10-6(5-16)2-3-24-10/h2-4H,1H3,(H,17,19,20). The summed E-state index contributed by atoms with van der Waals surface area (Å²) in [4.78, 5) is 24.6. The minimum absolute atomic E-state index is 0.0310. The molecule has 0 atom stereocenters. The van der Waals surface area contributed by atoms with Crippen molar-refractivity contribution in [3.05, 3.63) is 43.7 Å². The number of thiophene rings is 1. The van der Waals surface area contributed by atoms with Gasteiger partial charge in [0.05, 0.1) is 22.0 Å². The summed E-state index contributed by atoms with van der Waals surface area (Å²) in [5.41, 5.74) is -0.290. The van der Waals surface area contributed by atoms with Crippen LogP contribution in [-0.2, 0) is 0 Å². The van der Waals surface area contributed by atoms with Crippen LogP contribution >= 0.6 is 38.6 Å². The van der Waals surface area contributed by atoms with Gasteiger partial charge in [0.2, 0.25) is 10.9 Å². The number of methoxy groups -OCH3 is 1. The number of hydrogen-bond donors (Lipinski definition) is 1. The Labute approximate surface area is 156 Å². The summed E-state index contributed by atoms with van der Waals surface area (Å²) >= 11 is 5.60. The quantitative estimate of drug-likeness (QED) is 0.664. The van der Waals surface area contributed by atoms with Crippen molar-refractivity contribution in [3.63, 3.8) is 0 Å². The van der Waals surface area contributed by atoms with Crippen LogP contribution in [0.2, 0.25) is 0 Å². The zero-order valence-electron chi connectivity index (χ0n) is 12.4. The number of carbonyl (C=O) groups excluding carboxylic acids is 1. The summed E-state index contributed by atoms with van der Waals surface area (Å²) in [6, 6.07) is 5.08. The lowest BCUT2D eigenvalue weighted by atomic mass is 10.3. The molecular weight excluding hydrogens is 432 g/mol. The molecule has 0 spiro atoms. The lowest BCUT2D eigenvalue weighted by Crippen LogP contribution is -2.15. The van der Waals surface area contributed by atoms with Crippen LogP contribution in [0.4, 0.5) is 5.13 Å². The molecule has 0 saturated carbocycles. The molecule has 8 nitrogen and oxygen atoms in total. The third-order valence-corrected chi connectivity index (χ3v) is 5.41. The number of rotatable bonds is 4. The van der Waals surface area contributed by atoms with Gasteiger partial charge in [0.1, 0.15) is 6.07 Å². The summed E-state index contributed by atoms with van der Waals surface area (Å²) < 4.78 is 10.1. The fourth-order valence-corrected chi connectivity index (χ4v) is 4.05. The lowest BCUT2D eigenvalue weighted by molar-refractivity contribution is 0.0991. The Hall–Kier alpha value is -2.55. The molecule has 0 aliphatic carbocycles. The molecule has 3 heterocycles. The van der Waals surface area contributed by atoms with Crippen molar-refractivity contribution in [2.24, 2.45) is 0 Å². The Kier molecular flexibility index (Phi) is 4.93. The first-order valence-corrected chi connectivity index (χ1v) is 9.03. The fourth-order valence-electron chi connectivity index (χ4n) is 1.83. The fraction of sp³-hybridized carbons (Fsp3) is 0.0714. The van der Waals surface area contributed by atoms with Crippen LogP contribution in [-0.4, -0.2) is 23.2 Å². The summed E-state index contributed by atoms with van der Waals surface area (Å²) in [5.74, 6) is -0.894. The van der Waals surface area contributed by atoms with E-state index in [1.807, 2.05) is 0 Å². The molecule has 0 radical (unpaired) electrons. The van der Waals surface area contributed by atoms with Gasteiger partial charge >= 0.3 is 5.63 Å². The average molecular weight is 439 g/mol. The molecular formula is C14H7BrN4O4S2. The number of nitrogens with one attached hydrogen (secondary N) is 1. The molecule has 0 bridgehead atoms. The molecule has 3 aromatic rings. The predicted octanol–water partition coefficient (Wildman–Crippen LogP) is 3.11. The number of anilines is 1. The van der Waals surface area contributed by atoms with Crippen molar-refractivity contribution in [2.75, 3.05) is 12.4 Å². The Morgan fingerprint density at radius 3 is 2.96 bits per heavy atom. The van der Waals surface area contributed by atoms with Crippen molar-refractivity contribution < 1.29 is 13.9 Å². The molecule has 0 aliphatic rings. The molecule has 0 aliphatic heterocycles. The Morgan fingerprint density at radius 1 is 1.48 bits per heavy atom. The topological polar surface area (TPSA) is 118 Å². The zero-order chi connectivity index (χ0) is 18.0. The van der Waals surface area contributed by atoms with Crippen LogP contribution in [0.15, 0.2) is 31.2 Å². The SMILES string of the molecule is COc1c(Br)cc(C(=O)Nc2nnc(-c3sccc3C#N)s2)oc1=O. The molecule has 25 heavy (non-hydrogen) atoms. The molecule has 126 valence electrons. The second-order valence-corrected chi connectivity index (χ2v) is 7.17. The van der Waals surface area contributed by atoms with E-state index in [0.717, 1.165) is 11.3 Å². The van der Waals surface area contributed by atoms with Gasteiger partial charge in [-0.2, -0.15) is 5.26 Å². The van der Waals surface area contributed by atoms with Crippen molar-refractivity contribution in [2.45, 2.75) is 0 Å². The Morgan fingerprint density at radius 2 is 2.28 bits per heavy atom. The van der Waals surface area contributed by atoms with E-state index >= 15 is 0 Å².